The number of nitrogens with one attached hydrogen (secondary N) is 1. The molecule has 0 saturated heterocycles. The molecule has 0 aliphatic rings. The highest BCUT2D eigenvalue weighted by atomic mass is 35.5. The molecule has 0 fully saturated rings. The van der Waals surface area contributed by atoms with Gasteiger partial charge in [0.25, 0.3) is 0 Å². The fourth-order valence-corrected chi connectivity index (χ4v) is 1.81. The second kappa shape index (κ2) is 6.25. The van der Waals surface area contributed by atoms with Crippen LogP contribution in [0.15, 0.2) is 36.5 Å². The summed E-state index contributed by atoms with van der Waals surface area (Å²) in [6, 6.07) is 8.17. The van der Waals surface area contributed by atoms with E-state index in [-0.39, 0.29) is 18.1 Å². The standard InChI is InChI=1S/C14H12ClNO4/c1-19-13-5-3-2-4-10(13)12(17)8-20-14(18)11-6-9(15)7-16-11/h2-7,16H,8H2,1H3. The van der Waals surface area contributed by atoms with Crippen molar-refractivity contribution in [2.45, 2.75) is 0 Å². The van der Waals surface area contributed by atoms with Gasteiger partial charge in [-0.05, 0) is 18.2 Å². The summed E-state index contributed by atoms with van der Waals surface area (Å²) in [5.74, 6) is -0.537. The van der Waals surface area contributed by atoms with Gasteiger partial charge in [0.05, 0.1) is 17.7 Å². The van der Waals surface area contributed by atoms with Gasteiger partial charge in [0, 0.05) is 6.20 Å². The van der Waals surface area contributed by atoms with Gasteiger partial charge in [-0.2, -0.15) is 0 Å². The Morgan fingerprint density at radius 2 is 2.05 bits per heavy atom. The number of ether oxygens (including phenoxy) is 2. The predicted octanol–water partition coefficient (Wildman–Crippen LogP) is 2.72. The highest BCUT2D eigenvalue weighted by Gasteiger charge is 2.15. The monoisotopic (exact) mass is 293 g/mol. The maximum absolute atomic E-state index is 12.0. The number of benzene rings is 1. The third-order valence-corrected chi connectivity index (χ3v) is 2.83. The van der Waals surface area contributed by atoms with E-state index in [1.807, 2.05) is 0 Å². The summed E-state index contributed by atoms with van der Waals surface area (Å²) in [4.78, 5) is 26.3. The molecule has 1 aromatic heterocycles. The van der Waals surface area contributed by atoms with Crippen LogP contribution < -0.4 is 4.74 Å². The maximum Gasteiger partial charge on any atom is 0.355 e. The average molecular weight is 294 g/mol. The molecule has 0 aliphatic heterocycles. The number of Topliss-reactive ketones (excluding diaryl/α,β-unsaturated/α-hetero) is 1. The lowest BCUT2D eigenvalue weighted by Gasteiger charge is -2.07. The number of esters is 1. The highest BCUT2D eigenvalue weighted by Crippen LogP contribution is 2.18. The number of methoxy groups -OCH3 is 1. The average Bonchev–Trinajstić information content (AvgIpc) is 2.91. The molecule has 1 N–H and O–H groups in total. The predicted molar refractivity (Wildman–Crippen MR) is 73.4 cm³/mol. The van der Waals surface area contributed by atoms with E-state index in [4.69, 9.17) is 21.1 Å². The molecule has 0 spiro atoms. The van der Waals surface area contributed by atoms with Crippen molar-refractivity contribution in [1.82, 2.24) is 4.98 Å². The number of hydrogen-bond acceptors (Lipinski definition) is 4. The molecule has 0 aliphatic carbocycles. The van der Waals surface area contributed by atoms with Gasteiger partial charge in [-0.25, -0.2) is 4.79 Å². The highest BCUT2D eigenvalue weighted by molar-refractivity contribution is 6.30. The largest absolute Gasteiger partial charge is 0.496 e. The fourth-order valence-electron chi connectivity index (χ4n) is 1.65. The van der Waals surface area contributed by atoms with Gasteiger partial charge in [0.15, 0.2) is 6.61 Å². The molecule has 1 heterocycles. The first-order valence-corrected chi connectivity index (χ1v) is 6.17. The molecular weight excluding hydrogens is 282 g/mol. The van der Waals surface area contributed by atoms with Crippen molar-refractivity contribution < 1.29 is 19.1 Å². The zero-order valence-corrected chi connectivity index (χ0v) is 11.4. The molecular formula is C14H12ClNO4. The first kappa shape index (κ1) is 14.1. The second-order valence-corrected chi connectivity index (χ2v) is 4.37. The Balaban J connectivity index is 2.00. The summed E-state index contributed by atoms with van der Waals surface area (Å²) < 4.78 is 10.00. The Bertz CT molecular complexity index is 636. The molecule has 20 heavy (non-hydrogen) atoms. The molecule has 0 atom stereocenters. The van der Waals surface area contributed by atoms with Crippen LogP contribution in [0.3, 0.4) is 0 Å². The van der Waals surface area contributed by atoms with Crippen LogP contribution in [0.4, 0.5) is 0 Å². The van der Waals surface area contributed by atoms with Crippen molar-refractivity contribution in [3.63, 3.8) is 0 Å². The molecule has 0 unspecified atom stereocenters. The topological polar surface area (TPSA) is 68.4 Å². The second-order valence-electron chi connectivity index (χ2n) is 3.93. The van der Waals surface area contributed by atoms with Crippen molar-refractivity contribution >= 4 is 23.4 Å². The summed E-state index contributed by atoms with van der Waals surface area (Å²) in [6.07, 6.45) is 1.46. The zero-order valence-electron chi connectivity index (χ0n) is 10.7. The van der Waals surface area contributed by atoms with Gasteiger partial charge in [-0.3, -0.25) is 4.79 Å². The Labute approximate surface area is 120 Å². The van der Waals surface area contributed by atoms with Crippen LogP contribution in [0.2, 0.25) is 5.02 Å². The summed E-state index contributed by atoms with van der Waals surface area (Å²) in [6.45, 7) is -0.365. The van der Waals surface area contributed by atoms with Crippen molar-refractivity contribution in [3.05, 3.63) is 52.8 Å². The minimum atomic E-state index is -0.639. The number of ketones is 1. The number of carbonyl (C=O) groups is 2. The Morgan fingerprint density at radius 1 is 1.30 bits per heavy atom. The van der Waals surface area contributed by atoms with Crippen molar-refractivity contribution in [3.8, 4) is 5.75 Å². The summed E-state index contributed by atoms with van der Waals surface area (Å²) in [5.41, 5.74) is 0.565. The molecule has 2 rings (SSSR count). The maximum atomic E-state index is 12.0. The molecule has 6 heteroatoms. The molecule has 104 valence electrons. The van der Waals surface area contributed by atoms with Crippen LogP contribution in [0.25, 0.3) is 0 Å². The number of para-hydroxylation sites is 1. The van der Waals surface area contributed by atoms with E-state index >= 15 is 0 Å². The van der Waals surface area contributed by atoms with E-state index in [0.717, 1.165) is 0 Å². The van der Waals surface area contributed by atoms with Gasteiger partial charge in [-0.15, -0.1) is 0 Å². The van der Waals surface area contributed by atoms with E-state index in [1.165, 1.54) is 19.4 Å². The molecule has 2 aromatic rings. The molecule has 0 bridgehead atoms. The number of halogens is 1. The molecule has 0 saturated carbocycles. The number of rotatable bonds is 5. The van der Waals surface area contributed by atoms with Gasteiger partial charge in [-0.1, -0.05) is 23.7 Å². The molecule has 5 nitrogen and oxygen atoms in total. The fraction of sp³-hybridized carbons (Fsp3) is 0.143. The van der Waals surface area contributed by atoms with E-state index in [9.17, 15) is 9.59 Å². The third kappa shape index (κ3) is 3.19. The Morgan fingerprint density at radius 3 is 2.70 bits per heavy atom. The first-order chi connectivity index (χ1) is 9.61. The molecule has 1 aromatic carbocycles. The summed E-state index contributed by atoms with van der Waals surface area (Å²) in [7, 11) is 1.47. The van der Waals surface area contributed by atoms with Crippen LogP contribution in [0.5, 0.6) is 5.75 Å². The number of aromatic amines is 1. The third-order valence-electron chi connectivity index (χ3n) is 2.61. The van der Waals surface area contributed by atoms with E-state index in [2.05, 4.69) is 4.98 Å². The van der Waals surface area contributed by atoms with E-state index in [1.54, 1.807) is 24.3 Å². The van der Waals surface area contributed by atoms with Gasteiger partial charge in [0.1, 0.15) is 11.4 Å². The quantitative estimate of drug-likeness (QED) is 0.680. The zero-order chi connectivity index (χ0) is 14.5. The number of aromatic nitrogens is 1. The lowest BCUT2D eigenvalue weighted by molar-refractivity contribution is 0.0469. The smallest absolute Gasteiger partial charge is 0.355 e. The van der Waals surface area contributed by atoms with Crippen LogP contribution in [0, 0.1) is 0 Å². The van der Waals surface area contributed by atoms with Crippen molar-refractivity contribution in [1.29, 1.82) is 0 Å². The molecule has 0 radical (unpaired) electrons. The summed E-state index contributed by atoms with van der Waals surface area (Å²) in [5, 5.41) is 0.396. The lowest BCUT2D eigenvalue weighted by Crippen LogP contribution is -2.15. The normalized spacial score (nSPS) is 10.1. The Kier molecular flexibility index (Phi) is 4.42. The van der Waals surface area contributed by atoms with Crippen LogP contribution in [-0.4, -0.2) is 30.5 Å². The van der Waals surface area contributed by atoms with E-state index < -0.39 is 5.97 Å². The number of H-pyrrole nitrogens is 1. The SMILES string of the molecule is COc1ccccc1C(=O)COC(=O)c1cc(Cl)c[nH]1. The number of hydrogen-bond donors (Lipinski definition) is 1. The van der Waals surface area contributed by atoms with Gasteiger partial charge >= 0.3 is 5.97 Å². The van der Waals surface area contributed by atoms with Crippen LogP contribution in [-0.2, 0) is 4.74 Å². The van der Waals surface area contributed by atoms with Crippen molar-refractivity contribution in [2.75, 3.05) is 13.7 Å². The first-order valence-electron chi connectivity index (χ1n) is 5.79. The molecule has 0 amide bonds. The Hall–Kier alpha value is -2.27. The van der Waals surface area contributed by atoms with Crippen molar-refractivity contribution in [2.24, 2.45) is 0 Å². The van der Waals surface area contributed by atoms with Gasteiger partial charge in [0.2, 0.25) is 5.78 Å². The minimum absolute atomic E-state index is 0.197. The number of carbonyl (C=O) groups excluding carboxylic acids is 2. The van der Waals surface area contributed by atoms with Crippen LogP contribution in [0.1, 0.15) is 20.8 Å². The van der Waals surface area contributed by atoms with Crippen LogP contribution >= 0.6 is 11.6 Å². The minimum Gasteiger partial charge on any atom is -0.496 e. The summed E-state index contributed by atoms with van der Waals surface area (Å²) >= 11 is 5.68. The lowest BCUT2D eigenvalue weighted by atomic mass is 10.1. The van der Waals surface area contributed by atoms with Gasteiger partial charge < -0.3 is 14.5 Å². The van der Waals surface area contributed by atoms with E-state index in [0.29, 0.717) is 16.3 Å².